The number of aromatic nitrogens is 3. The third-order valence-corrected chi connectivity index (χ3v) is 4.18. The summed E-state index contributed by atoms with van der Waals surface area (Å²) < 4.78 is 40.2. The van der Waals surface area contributed by atoms with Gasteiger partial charge in [0.15, 0.2) is 5.82 Å². The molecule has 21 heavy (non-hydrogen) atoms. The molecule has 0 bridgehead atoms. The van der Waals surface area contributed by atoms with Crippen LogP contribution in [0.2, 0.25) is 5.02 Å². The first kappa shape index (κ1) is 15.4. The highest BCUT2D eigenvalue weighted by atomic mass is 35.5. The molecule has 2 aromatic rings. The number of nitrogen functional groups attached to an aromatic ring is 1. The Morgan fingerprint density at radius 3 is 2.52 bits per heavy atom. The Kier molecular flexibility index (Phi) is 3.97. The highest BCUT2D eigenvalue weighted by molar-refractivity contribution is 7.92. The topological polar surface area (TPSA) is 111 Å². The van der Waals surface area contributed by atoms with Gasteiger partial charge in [0.05, 0.1) is 17.1 Å². The summed E-state index contributed by atoms with van der Waals surface area (Å²) in [5.74, 6) is -1.36. The van der Waals surface area contributed by atoms with Gasteiger partial charge in [-0.15, -0.1) is 5.10 Å². The molecule has 1 aromatic carbocycles. The molecular formula is C11H11ClFN5O2S. The molecule has 0 spiro atoms. The van der Waals surface area contributed by atoms with Crippen LogP contribution < -0.4 is 10.5 Å². The van der Waals surface area contributed by atoms with Crippen molar-refractivity contribution in [3.63, 3.8) is 0 Å². The van der Waals surface area contributed by atoms with Crippen molar-refractivity contribution in [3.8, 4) is 0 Å². The Balaban J connectivity index is 2.45. The number of halogens is 2. The molecule has 0 aliphatic rings. The van der Waals surface area contributed by atoms with E-state index in [4.69, 9.17) is 17.3 Å². The molecule has 1 aromatic heterocycles. The minimum atomic E-state index is -4.27. The number of nitrogens with zero attached hydrogens (tertiary/aromatic N) is 3. The fourth-order valence-corrected chi connectivity index (χ4v) is 2.82. The maximum atomic E-state index is 13.9. The van der Waals surface area contributed by atoms with E-state index in [1.54, 1.807) is 13.8 Å². The lowest BCUT2D eigenvalue weighted by Crippen LogP contribution is -2.18. The molecule has 0 fully saturated rings. The lowest BCUT2D eigenvalue weighted by molar-refractivity contribution is 0.572. The van der Waals surface area contributed by atoms with Gasteiger partial charge in [-0.1, -0.05) is 11.6 Å². The zero-order valence-corrected chi connectivity index (χ0v) is 12.6. The highest BCUT2D eigenvalue weighted by Gasteiger charge is 2.23. The summed E-state index contributed by atoms with van der Waals surface area (Å²) >= 11 is 5.69. The number of sulfonamides is 1. The minimum Gasteiger partial charge on any atom is -0.396 e. The van der Waals surface area contributed by atoms with Crippen LogP contribution in [0.1, 0.15) is 11.4 Å². The third kappa shape index (κ3) is 3.19. The van der Waals surface area contributed by atoms with Crippen LogP contribution >= 0.6 is 11.6 Å². The van der Waals surface area contributed by atoms with Crippen molar-refractivity contribution in [1.82, 2.24) is 15.2 Å². The van der Waals surface area contributed by atoms with Crippen molar-refractivity contribution in [2.75, 3.05) is 10.5 Å². The van der Waals surface area contributed by atoms with Gasteiger partial charge in [-0.25, -0.2) is 22.5 Å². The van der Waals surface area contributed by atoms with E-state index in [-0.39, 0.29) is 16.7 Å². The van der Waals surface area contributed by atoms with Crippen molar-refractivity contribution in [2.45, 2.75) is 18.7 Å². The average molecular weight is 332 g/mol. The molecule has 0 atom stereocenters. The van der Waals surface area contributed by atoms with E-state index in [1.807, 2.05) is 4.72 Å². The first-order valence-corrected chi connectivity index (χ1v) is 7.52. The maximum absolute atomic E-state index is 13.9. The van der Waals surface area contributed by atoms with Gasteiger partial charge in [0, 0.05) is 5.02 Å². The molecule has 3 N–H and O–H groups in total. The van der Waals surface area contributed by atoms with E-state index in [2.05, 4.69) is 15.2 Å². The Morgan fingerprint density at radius 1 is 1.24 bits per heavy atom. The van der Waals surface area contributed by atoms with Gasteiger partial charge in [0.2, 0.25) is 0 Å². The van der Waals surface area contributed by atoms with Gasteiger partial charge in [-0.3, -0.25) is 0 Å². The van der Waals surface area contributed by atoms with Crippen LogP contribution in [-0.2, 0) is 10.0 Å². The van der Waals surface area contributed by atoms with Gasteiger partial charge in [0.1, 0.15) is 4.90 Å². The van der Waals surface area contributed by atoms with Gasteiger partial charge < -0.3 is 5.73 Å². The summed E-state index contributed by atoms with van der Waals surface area (Å²) in [4.78, 5) is 3.22. The largest absolute Gasteiger partial charge is 0.396 e. The number of hydrogen-bond donors (Lipinski definition) is 2. The van der Waals surface area contributed by atoms with Crippen LogP contribution in [-0.4, -0.2) is 23.6 Å². The number of nitrogens with two attached hydrogens (primary N) is 1. The molecule has 112 valence electrons. The summed E-state index contributed by atoms with van der Waals surface area (Å²) in [5.41, 5.74) is 6.03. The SMILES string of the molecule is Cc1nnc(NS(=O)(=O)c2cc(Cl)cc(N)c2F)nc1C. The monoisotopic (exact) mass is 331 g/mol. The lowest BCUT2D eigenvalue weighted by atomic mass is 10.3. The Morgan fingerprint density at radius 2 is 1.90 bits per heavy atom. The molecule has 0 aliphatic carbocycles. The molecule has 0 aliphatic heterocycles. The molecular weight excluding hydrogens is 321 g/mol. The highest BCUT2D eigenvalue weighted by Crippen LogP contribution is 2.26. The molecule has 0 radical (unpaired) electrons. The van der Waals surface area contributed by atoms with Crippen LogP contribution in [0.3, 0.4) is 0 Å². The molecule has 0 amide bonds. The maximum Gasteiger partial charge on any atom is 0.267 e. The molecule has 2 rings (SSSR count). The first-order chi connectivity index (χ1) is 9.70. The third-order valence-electron chi connectivity index (χ3n) is 2.64. The number of nitrogens with one attached hydrogen (secondary N) is 1. The average Bonchev–Trinajstić information content (AvgIpc) is 2.37. The summed E-state index contributed by atoms with van der Waals surface area (Å²) in [6.45, 7) is 3.31. The molecule has 0 saturated carbocycles. The first-order valence-electron chi connectivity index (χ1n) is 5.66. The zero-order valence-electron chi connectivity index (χ0n) is 11.1. The van der Waals surface area contributed by atoms with E-state index in [0.29, 0.717) is 11.4 Å². The minimum absolute atomic E-state index is 0.00611. The molecule has 7 nitrogen and oxygen atoms in total. The van der Waals surface area contributed by atoms with Crippen LogP contribution in [0, 0.1) is 19.7 Å². The smallest absolute Gasteiger partial charge is 0.267 e. The second kappa shape index (κ2) is 5.41. The van der Waals surface area contributed by atoms with E-state index in [9.17, 15) is 12.8 Å². The summed E-state index contributed by atoms with van der Waals surface area (Å²) in [7, 11) is -4.27. The Bertz CT molecular complexity index is 813. The molecule has 1 heterocycles. The summed E-state index contributed by atoms with van der Waals surface area (Å²) in [6, 6.07) is 2.06. The Hall–Kier alpha value is -2.00. The van der Waals surface area contributed by atoms with E-state index < -0.39 is 20.7 Å². The van der Waals surface area contributed by atoms with Crippen molar-refractivity contribution < 1.29 is 12.8 Å². The number of rotatable bonds is 3. The lowest BCUT2D eigenvalue weighted by Gasteiger charge is -2.09. The van der Waals surface area contributed by atoms with Crippen molar-refractivity contribution in [2.24, 2.45) is 0 Å². The second-order valence-electron chi connectivity index (χ2n) is 4.22. The standard InChI is InChI=1S/C11H11ClFN5O2S/c1-5-6(2)16-17-11(15-5)18-21(19,20)9-4-7(12)3-8(14)10(9)13/h3-4H,14H2,1-2H3,(H,15,17,18). The summed E-state index contributed by atoms with van der Waals surface area (Å²) in [6.07, 6.45) is 0. The quantitative estimate of drug-likeness (QED) is 0.827. The summed E-state index contributed by atoms with van der Waals surface area (Å²) in [5, 5.41) is 7.31. The predicted octanol–water partition coefficient (Wildman–Crippen LogP) is 1.66. The van der Waals surface area contributed by atoms with Crippen LogP contribution in [0.15, 0.2) is 17.0 Å². The predicted molar refractivity (Wildman–Crippen MR) is 75.9 cm³/mol. The van der Waals surface area contributed by atoms with Gasteiger partial charge >= 0.3 is 0 Å². The van der Waals surface area contributed by atoms with E-state index >= 15 is 0 Å². The van der Waals surface area contributed by atoms with Gasteiger partial charge in [-0.05, 0) is 26.0 Å². The molecule has 10 heteroatoms. The van der Waals surface area contributed by atoms with Crippen molar-refractivity contribution >= 4 is 33.3 Å². The van der Waals surface area contributed by atoms with Gasteiger partial charge in [0.25, 0.3) is 16.0 Å². The number of anilines is 2. The van der Waals surface area contributed by atoms with E-state index in [0.717, 1.165) is 12.1 Å². The number of benzene rings is 1. The number of hydrogen-bond acceptors (Lipinski definition) is 6. The Labute approximate surface area is 125 Å². The van der Waals surface area contributed by atoms with E-state index in [1.165, 1.54) is 0 Å². The zero-order chi connectivity index (χ0) is 15.8. The normalized spacial score (nSPS) is 11.4. The fourth-order valence-electron chi connectivity index (χ4n) is 1.46. The number of aryl methyl sites for hydroxylation is 2. The van der Waals surface area contributed by atoms with Crippen molar-refractivity contribution in [1.29, 1.82) is 0 Å². The molecule has 0 saturated heterocycles. The second-order valence-corrected chi connectivity index (χ2v) is 6.31. The van der Waals surface area contributed by atoms with Crippen LogP contribution in [0.25, 0.3) is 0 Å². The fraction of sp³-hybridized carbons (Fsp3) is 0.182. The molecule has 0 unspecified atom stereocenters. The van der Waals surface area contributed by atoms with Gasteiger partial charge in [-0.2, -0.15) is 5.10 Å². The van der Waals surface area contributed by atoms with Crippen LogP contribution in [0.4, 0.5) is 16.0 Å². The van der Waals surface area contributed by atoms with Crippen molar-refractivity contribution in [3.05, 3.63) is 34.4 Å². The van der Waals surface area contributed by atoms with Crippen LogP contribution in [0.5, 0.6) is 0 Å².